The maximum absolute atomic E-state index is 6.75. The molecule has 4 aromatic carbocycles. The highest BCUT2D eigenvalue weighted by molar-refractivity contribution is 6.07. The highest BCUT2D eigenvalue weighted by atomic mass is 16.3. The van der Waals surface area contributed by atoms with E-state index in [2.05, 4.69) is 134 Å². The van der Waals surface area contributed by atoms with Crippen LogP contribution < -0.4 is 0 Å². The van der Waals surface area contributed by atoms with Crippen LogP contribution in [-0.2, 0) is 0 Å². The summed E-state index contributed by atoms with van der Waals surface area (Å²) in [6.07, 6.45) is 8.87. The quantitative estimate of drug-likeness (QED) is 0.227. The van der Waals surface area contributed by atoms with Crippen molar-refractivity contribution < 1.29 is 4.42 Å². The van der Waals surface area contributed by atoms with E-state index in [0.29, 0.717) is 0 Å². The van der Waals surface area contributed by atoms with Gasteiger partial charge in [0.05, 0.1) is 17.8 Å². The molecule has 0 radical (unpaired) electrons. The lowest BCUT2D eigenvalue weighted by Crippen LogP contribution is -2.25. The van der Waals surface area contributed by atoms with Gasteiger partial charge in [-0.2, -0.15) is 0 Å². The van der Waals surface area contributed by atoms with Gasteiger partial charge in [0, 0.05) is 40.2 Å². The van der Waals surface area contributed by atoms with Crippen molar-refractivity contribution in [3.8, 4) is 11.3 Å². The molecule has 0 bridgehead atoms. The zero-order valence-electron chi connectivity index (χ0n) is 23.2. The van der Waals surface area contributed by atoms with E-state index in [1.54, 1.807) is 0 Å². The van der Waals surface area contributed by atoms with Crippen molar-refractivity contribution in [2.45, 2.75) is 31.8 Å². The first-order chi connectivity index (χ1) is 20.2. The number of aromatic nitrogens is 1. The number of furan rings is 1. The van der Waals surface area contributed by atoms with Crippen LogP contribution in [0.15, 0.2) is 132 Å². The number of hydrogen-bond acceptors (Lipinski definition) is 3. The van der Waals surface area contributed by atoms with E-state index in [1.807, 2.05) is 12.3 Å². The van der Waals surface area contributed by atoms with Crippen molar-refractivity contribution in [2.75, 3.05) is 0 Å². The fourth-order valence-electron chi connectivity index (χ4n) is 7.00. The molecule has 198 valence electrons. The molecule has 41 heavy (non-hydrogen) atoms. The largest absolute Gasteiger partial charge is 0.455 e. The Balaban J connectivity index is 1.34. The molecule has 0 spiro atoms. The van der Waals surface area contributed by atoms with E-state index < -0.39 is 0 Å². The Hall–Kier alpha value is -4.89. The molecular weight excluding hydrogens is 500 g/mol. The van der Waals surface area contributed by atoms with E-state index in [0.717, 1.165) is 16.9 Å². The second-order valence-corrected chi connectivity index (χ2v) is 11.2. The van der Waals surface area contributed by atoms with Crippen LogP contribution in [0.25, 0.3) is 38.8 Å². The molecule has 2 aromatic heterocycles. The first-order valence-electron chi connectivity index (χ1n) is 14.4. The number of benzene rings is 4. The van der Waals surface area contributed by atoms with Gasteiger partial charge in [0.25, 0.3) is 0 Å². The smallest absolute Gasteiger partial charge is 0.141 e. The van der Waals surface area contributed by atoms with Gasteiger partial charge >= 0.3 is 0 Å². The third kappa shape index (κ3) is 3.69. The Bertz CT molecular complexity index is 1980. The third-order valence-corrected chi connectivity index (χ3v) is 8.93. The number of nitrogens with zero attached hydrogens (tertiary/aromatic N) is 2. The van der Waals surface area contributed by atoms with Crippen molar-refractivity contribution in [2.24, 2.45) is 0 Å². The molecule has 0 N–H and O–H groups in total. The number of fused-ring (bicyclic) bond motifs is 7. The van der Waals surface area contributed by atoms with Crippen molar-refractivity contribution in [3.63, 3.8) is 0 Å². The molecule has 3 atom stereocenters. The fourth-order valence-corrected chi connectivity index (χ4v) is 7.00. The number of pyridine rings is 1. The minimum absolute atomic E-state index is 0.0734. The lowest BCUT2D eigenvalue weighted by Gasteiger charge is -2.35. The first-order valence-corrected chi connectivity index (χ1v) is 14.4. The minimum atomic E-state index is 0.0734. The van der Waals surface area contributed by atoms with E-state index in [1.165, 1.54) is 49.7 Å². The monoisotopic (exact) mass is 530 g/mol. The lowest BCUT2D eigenvalue weighted by molar-refractivity contribution is 0.244. The first kappa shape index (κ1) is 24.0. The van der Waals surface area contributed by atoms with Crippen LogP contribution in [0.2, 0.25) is 0 Å². The van der Waals surface area contributed by atoms with Gasteiger partial charge in [-0.3, -0.25) is 4.98 Å². The Morgan fingerprint density at radius 1 is 0.780 bits per heavy atom. The van der Waals surface area contributed by atoms with Gasteiger partial charge in [-0.15, -0.1) is 0 Å². The van der Waals surface area contributed by atoms with Crippen LogP contribution in [0.3, 0.4) is 0 Å². The standard InChI is InChI=1S/C38H30N2O/c1-24-11-10-16-30-31-18-19-32-35(38(31)41-37(24)30)34-23-27(26-12-4-3-5-13-26)20-22-40(34)36(32)25(2)28-14-6-7-15-29(28)33-17-8-9-21-39-33/h3-23,25,34,36H,1-2H3/t25-,34?,36-/m1/s1. The maximum atomic E-state index is 6.75. The molecule has 4 heterocycles. The highest BCUT2D eigenvalue weighted by Crippen LogP contribution is 2.55. The van der Waals surface area contributed by atoms with Gasteiger partial charge in [0.2, 0.25) is 0 Å². The van der Waals surface area contributed by atoms with E-state index >= 15 is 0 Å². The second-order valence-electron chi connectivity index (χ2n) is 11.2. The molecule has 0 saturated heterocycles. The molecule has 6 aromatic rings. The Morgan fingerprint density at radius 2 is 1.59 bits per heavy atom. The van der Waals surface area contributed by atoms with Crippen LogP contribution in [0.5, 0.6) is 0 Å². The summed E-state index contributed by atoms with van der Waals surface area (Å²) >= 11 is 0. The molecule has 2 aliphatic rings. The molecule has 3 heteroatoms. The lowest BCUT2D eigenvalue weighted by atomic mass is 9.84. The molecule has 0 aliphatic carbocycles. The number of hydrogen-bond donors (Lipinski definition) is 0. The summed E-state index contributed by atoms with van der Waals surface area (Å²) in [6.45, 7) is 4.49. The number of para-hydroxylation sites is 1. The van der Waals surface area contributed by atoms with Crippen molar-refractivity contribution in [1.29, 1.82) is 0 Å². The molecule has 1 unspecified atom stereocenters. The molecule has 0 saturated carbocycles. The van der Waals surface area contributed by atoms with Crippen LogP contribution in [0.1, 0.15) is 52.7 Å². The average molecular weight is 531 g/mol. The molecule has 0 amide bonds. The van der Waals surface area contributed by atoms with E-state index in [-0.39, 0.29) is 18.0 Å². The van der Waals surface area contributed by atoms with Crippen molar-refractivity contribution >= 4 is 27.5 Å². The van der Waals surface area contributed by atoms with Crippen molar-refractivity contribution in [3.05, 3.63) is 155 Å². The molecule has 3 nitrogen and oxygen atoms in total. The van der Waals surface area contributed by atoms with Gasteiger partial charge in [0.15, 0.2) is 0 Å². The number of rotatable bonds is 4. The Labute approximate surface area is 240 Å². The highest BCUT2D eigenvalue weighted by Gasteiger charge is 2.43. The normalized spacial score (nSPS) is 18.4. The molecule has 2 aliphatic heterocycles. The van der Waals surface area contributed by atoms with Gasteiger partial charge in [-0.05, 0) is 59.0 Å². The van der Waals surface area contributed by atoms with Crippen LogP contribution in [-0.4, -0.2) is 9.88 Å². The van der Waals surface area contributed by atoms with Gasteiger partial charge in [-0.25, -0.2) is 0 Å². The van der Waals surface area contributed by atoms with Gasteiger partial charge < -0.3 is 9.32 Å². The van der Waals surface area contributed by atoms with Crippen LogP contribution in [0.4, 0.5) is 0 Å². The van der Waals surface area contributed by atoms with Crippen LogP contribution >= 0.6 is 0 Å². The summed E-state index contributed by atoms with van der Waals surface area (Å²) in [7, 11) is 0. The third-order valence-electron chi connectivity index (χ3n) is 8.93. The van der Waals surface area contributed by atoms with Crippen LogP contribution in [0, 0.1) is 6.92 Å². The number of allylic oxidation sites excluding steroid dienone is 2. The summed E-state index contributed by atoms with van der Waals surface area (Å²) in [4.78, 5) is 7.25. The zero-order chi connectivity index (χ0) is 27.5. The molecule has 0 fully saturated rings. The Kier molecular flexibility index (Phi) is 5.46. The molecular formula is C38H30N2O. The van der Waals surface area contributed by atoms with Gasteiger partial charge in [-0.1, -0.05) is 97.9 Å². The zero-order valence-corrected chi connectivity index (χ0v) is 23.2. The SMILES string of the molecule is Cc1cccc2c1oc1c3c(ccc12)[C@@H]([C@H](C)c1ccccc1-c1ccccn1)N1C=CC(c2ccccc2)=CC31. The minimum Gasteiger partial charge on any atom is -0.455 e. The summed E-state index contributed by atoms with van der Waals surface area (Å²) in [6, 6.07) is 36.8. The predicted molar refractivity (Wildman–Crippen MR) is 167 cm³/mol. The topological polar surface area (TPSA) is 29.3 Å². The Morgan fingerprint density at radius 3 is 2.44 bits per heavy atom. The summed E-state index contributed by atoms with van der Waals surface area (Å²) in [5.41, 5.74) is 11.7. The van der Waals surface area contributed by atoms with E-state index in [9.17, 15) is 0 Å². The maximum Gasteiger partial charge on any atom is 0.141 e. The predicted octanol–water partition coefficient (Wildman–Crippen LogP) is 9.77. The van der Waals surface area contributed by atoms with E-state index in [4.69, 9.17) is 9.40 Å². The summed E-state index contributed by atoms with van der Waals surface area (Å²) in [5.74, 6) is 0.205. The summed E-state index contributed by atoms with van der Waals surface area (Å²) < 4.78 is 6.75. The van der Waals surface area contributed by atoms with Crippen molar-refractivity contribution in [1.82, 2.24) is 9.88 Å². The van der Waals surface area contributed by atoms with Gasteiger partial charge in [0.1, 0.15) is 11.2 Å². The second kappa shape index (κ2) is 9.35. The average Bonchev–Trinajstić information content (AvgIpc) is 3.58. The number of aryl methyl sites for hydroxylation is 1. The summed E-state index contributed by atoms with van der Waals surface area (Å²) in [5, 5.41) is 2.37. The fraction of sp³-hybridized carbons (Fsp3) is 0.132. The molecule has 8 rings (SSSR count).